The van der Waals surface area contributed by atoms with Crippen molar-refractivity contribution in [2.75, 3.05) is 39.6 Å². The topological polar surface area (TPSA) is 86.6 Å². The molecule has 1 aliphatic rings. The quantitative estimate of drug-likeness (QED) is 0.148. The fourth-order valence-electron chi connectivity index (χ4n) is 4.65. The van der Waals surface area contributed by atoms with Gasteiger partial charge in [0.25, 0.3) is 0 Å². The van der Waals surface area contributed by atoms with Crippen molar-refractivity contribution in [3.05, 3.63) is 0 Å². The summed E-state index contributed by atoms with van der Waals surface area (Å²) >= 11 is 0. The van der Waals surface area contributed by atoms with Crippen LogP contribution in [0.3, 0.4) is 0 Å². The van der Waals surface area contributed by atoms with Crippen LogP contribution in [0.15, 0.2) is 0 Å². The average Bonchev–Trinajstić information content (AvgIpc) is 3.14. The van der Waals surface area contributed by atoms with E-state index in [1.54, 1.807) is 0 Å². The first-order valence-electron chi connectivity index (χ1n) is 14.5. The lowest BCUT2D eigenvalue weighted by molar-refractivity contribution is -0.168. The van der Waals surface area contributed by atoms with Gasteiger partial charge in [0.1, 0.15) is 0 Å². The third-order valence-corrected chi connectivity index (χ3v) is 6.79. The van der Waals surface area contributed by atoms with Crippen molar-refractivity contribution in [1.29, 1.82) is 0 Å². The molecular weight excluding hydrogens is 448 g/mol. The highest BCUT2D eigenvalue weighted by Gasteiger charge is 2.57. The summed E-state index contributed by atoms with van der Waals surface area (Å²) in [5.74, 6) is -0.811. The summed E-state index contributed by atoms with van der Waals surface area (Å²) in [6.07, 6.45) is 6.79. The monoisotopic (exact) mass is 504 g/mol. The molecule has 1 fully saturated rings. The summed E-state index contributed by atoms with van der Waals surface area (Å²) in [7, 11) is 0. The minimum atomic E-state index is -1.56. The van der Waals surface area contributed by atoms with Crippen molar-refractivity contribution in [1.82, 2.24) is 0 Å². The number of unbranched alkanes of at least 4 members (excludes halogenated alkanes) is 5. The second-order valence-electron chi connectivity index (χ2n) is 9.83. The van der Waals surface area contributed by atoms with Gasteiger partial charge >= 0.3 is 0 Å². The summed E-state index contributed by atoms with van der Waals surface area (Å²) in [6, 6.07) is 0. The van der Waals surface area contributed by atoms with Crippen molar-refractivity contribution in [2.45, 2.75) is 130 Å². The predicted octanol–water partition coefficient (Wildman–Crippen LogP) is 5.10. The number of rotatable bonds is 23. The van der Waals surface area contributed by atoms with Crippen LogP contribution in [-0.4, -0.2) is 80.6 Å². The Morgan fingerprint density at radius 2 is 0.971 bits per heavy atom. The number of hydrogen-bond donors (Lipinski definition) is 2. The molecule has 0 saturated heterocycles. The molecule has 2 N–H and O–H groups in total. The SMILES string of the molecule is CCCCOC[C@@H](OCCCC)C1C(OCCCC)C(C(O)O)C(OCCCC)[C@@H]1OCCCC. The molecule has 1 aliphatic carbocycles. The fraction of sp³-hybridized carbons (Fsp3) is 1.00. The molecule has 0 bridgehead atoms. The minimum absolute atomic E-state index is 0.208. The van der Waals surface area contributed by atoms with Gasteiger partial charge in [-0.05, 0) is 32.1 Å². The van der Waals surface area contributed by atoms with Crippen LogP contribution in [0.4, 0.5) is 0 Å². The summed E-state index contributed by atoms with van der Waals surface area (Å²) in [5, 5.41) is 21.0. The molecule has 0 aromatic rings. The van der Waals surface area contributed by atoms with Gasteiger partial charge in [-0.2, -0.15) is 0 Å². The summed E-state index contributed by atoms with van der Waals surface area (Å²) in [4.78, 5) is 0. The molecule has 0 heterocycles. The van der Waals surface area contributed by atoms with Crippen molar-refractivity contribution in [2.24, 2.45) is 11.8 Å². The van der Waals surface area contributed by atoms with Gasteiger partial charge < -0.3 is 33.9 Å². The van der Waals surface area contributed by atoms with Gasteiger partial charge in [0.2, 0.25) is 0 Å². The zero-order valence-electron chi connectivity index (χ0n) is 23.3. The molecule has 0 spiro atoms. The zero-order chi connectivity index (χ0) is 25.9. The Morgan fingerprint density at radius 1 is 0.543 bits per heavy atom. The minimum Gasteiger partial charge on any atom is -0.379 e. The van der Waals surface area contributed by atoms with Gasteiger partial charge in [-0.3, -0.25) is 0 Å². The Kier molecular flexibility index (Phi) is 19.4. The van der Waals surface area contributed by atoms with E-state index in [2.05, 4.69) is 34.6 Å². The molecule has 0 amide bonds. The highest BCUT2D eigenvalue weighted by Crippen LogP contribution is 2.43. The molecule has 7 heteroatoms. The summed E-state index contributed by atoms with van der Waals surface area (Å²) in [5.41, 5.74) is 0. The average molecular weight is 505 g/mol. The Hall–Kier alpha value is -0.280. The van der Waals surface area contributed by atoms with Gasteiger partial charge in [-0.15, -0.1) is 0 Å². The van der Waals surface area contributed by atoms with E-state index in [0.29, 0.717) is 39.6 Å². The van der Waals surface area contributed by atoms with Crippen LogP contribution >= 0.6 is 0 Å². The van der Waals surface area contributed by atoms with E-state index in [-0.39, 0.29) is 18.1 Å². The van der Waals surface area contributed by atoms with Crippen LogP contribution < -0.4 is 0 Å². The van der Waals surface area contributed by atoms with Crippen molar-refractivity contribution in [3.63, 3.8) is 0 Å². The van der Waals surface area contributed by atoms with Crippen molar-refractivity contribution in [3.8, 4) is 0 Å². The lowest BCUT2D eigenvalue weighted by atomic mass is 9.93. The molecular formula is C28H56O7. The zero-order valence-corrected chi connectivity index (χ0v) is 23.3. The lowest BCUT2D eigenvalue weighted by Crippen LogP contribution is -2.44. The molecule has 0 aliphatic heterocycles. The first-order valence-corrected chi connectivity index (χ1v) is 14.5. The molecule has 0 aromatic carbocycles. The predicted molar refractivity (Wildman–Crippen MR) is 140 cm³/mol. The van der Waals surface area contributed by atoms with E-state index < -0.39 is 24.4 Å². The highest BCUT2D eigenvalue weighted by atomic mass is 16.6. The molecule has 210 valence electrons. The van der Waals surface area contributed by atoms with E-state index in [1.165, 1.54) is 0 Å². The largest absolute Gasteiger partial charge is 0.379 e. The molecule has 1 rings (SSSR count). The highest BCUT2D eigenvalue weighted by molar-refractivity contribution is 5.04. The Labute approximate surface area is 215 Å². The van der Waals surface area contributed by atoms with Crippen LogP contribution in [0.25, 0.3) is 0 Å². The first kappa shape index (κ1) is 32.7. The van der Waals surface area contributed by atoms with Crippen LogP contribution in [0.5, 0.6) is 0 Å². The van der Waals surface area contributed by atoms with E-state index in [9.17, 15) is 10.2 Å². The molecule has 1 saturated carbocycles. The third kappa shape index (κ3) is 11.8. The van der Waals surface area contributed by atoms with Crippen LogP contribution in [0.1, 0.15) is 98.8 Å². The Bertz CT molecular complexity index is 476. The van der Waals surface area contributed by atoms with Crippen molar-refractivity contribution >= 4 is 0 Å². The number of aliphatic hydroxyl groups excluding tert-OH is 1. The van der Waals surface area contributed by atoms with Gasteiger partial charge in [-0.25, -0.2) is 0 Å². The van der Waals surface area contributed by atoms with Crippen LogP contribution in [-0.2, 0) is 23.7 Å². The maximum absolute atomic E-state index is 10.5. The third-order valence-electron chi connectivity index (χ3n) is 6.79. The molecule has 0 aromatic heterocycles. The summed E-state index contributed by atoms with van der Waals surface area (Å²) < 4.78 is 31.7. The second kappa shape index (κ2) is 20.7. The van der Waals surface area contributed by atoms with E-state index in [4.69, 9.17) is 23.7 Å². The molecule has 4 unspecified atom stereocenters. The Balaban J connectivity index is 3.29. The number of aliphatic hydroxyl groups is 2. The number of ether oxygens (including phenoxy) is 5. The first-order chi connectivity index (χ1) is 17.1. The van der Waals surface area contributed by atoms with Crippen LogP contribution in [0.2, 0.25) is 0 Å². The summed E-state index contributed by atoms with van der Waals surface area (Å²) in [6.45, 7) is 14.1. The Morgan fingerprint density at radius 3 is 1.46 bits per heavy atom. The van der Waals surface area contributed by atoms with E-state index >= 15 is 0 Å². The van der Waals surface area contributed by atoms with E-state index in [0.717, 1.165) is 64.2 Å². The maximum atomic E-state index is 10.5. The second-order valence-corrected chi connectivity index (χ2v) is 9.83. The van der Waals surface area contributed by atoms with Gasteiger partial charge in [0.05, 0.1) is 36.9 Å². The van der Waals surface area contributed by atoms with Gasteiger partial charge in [-0.1, -0.05) is 66.7 Å². The fourth-order valence-corrected chi connectivity index (χ4v) is 4.65. The molecule has 0 radical (unpaired) electrons. The molecule has 35 heavy (non-hydrogen) atoms. The van der Waals surface area contributed by atoms with Crippen molar-refractivity contribution < 1.29 is 33.9 Å². The number of hydrogen-bond acceptors (Lipinski definition) is 7. The van der Waals surface area contributed by atoms with Crippen LogP contribution in [0, 0.1) is 11.8 Å². The maximum Gasteiger partial charge on any atom is 0.159 e. The normalized spacial score (nSPS) is 25.5. The standard InChI is InChI=1S/C28H56O7/c1-6-11-16-31-21-22(32-17-12-7-2)23-25(33-18-13-8-3)24(28(29)30)27(35-20-15-10-5)26(23)34-19-14-9-4/h22-30H,6-21H2,1-5H3/t22-,23?,24?,25?,26-,27?/m1/s1. The van der Waals surface area contributed by atoms with E-state index in [1.807, 2.05) is 0 Å². The molecule has 7 nitrogen and oxygen atoms in total. The van der Waals surface area contributed by atoms with Gasteiger partial charge in [0, 0.05) is 39.0 Å². The molecule has 6 atom stereocenters. The van der Waals surface area contributed by atoms with Gasteiger partial charge in [0.15, 0.2) is 6.29 Å². The lowest BCUT2D eigenvalue weighted by Gasteiger charge is -2.33. The smallest absolute Gasteiger partial charge is 0.159 e.